The maximum atomic E-state index is 12.7. The predicted molar refractivity (Wildman–Crippen MR) is 115 cm³/mol. The van der Waals surface area contributed by atoms with Gasteiger partial charge in [-0.3, -0.25) is 4.79 Å². The van der Waals surface area contributed by atoms with Gasteiger partial charge in [-0.05, 0) is 50.5 Å². The number of anilines is 1. The third-order valence-corrected chi connectivity index (χ3v) is 7.55. The minimum Gasteiger partial charge on any atom is -0.346 e. The van der Waals surface area contributed by atoms with E-state index in [4.69, 9.17) is 0 Å². The first-order valence-corrected chi connectivity index (χ1v) is 11.4. The summed E-state index contributed by atoms with van der Waals surface area (Å²) in [5.74, 6) is 0.727. The summed E-state index contributed by atoms with van der Waals surface area (Å²) in [4.78, 5) is 22.8. The van der Waals surface area contributed by atoms with E-state index < -0.39 is 0 Å². The molecule has 1 amide bonds. The molecule has 7 heteroatoms. The molecule has 1 aromatic carbocycles. The van der Waals surface area contributed by atoms with Crippen molar-refractivity contribution < 1.29 is 4.79 Å². The van der Waals surface area contributed by atoms with Crippen LogP contribution in [0.15, 0.2) is 26.9 Å². The summed E-state index contributed by atoms with van der Waals surface area (Å²) in [6.45, 7) is 9.64. The first-order chi connectivity index (χ1) is 12.4. The van der Waals surface area contributed by atoms with E-state index in [-0.39, 0.29) is 5.91 Å². The number of carbonyl (C=O) groups excluding carboxylic acids is 1. The van der Waals surface area contributed by atoms with Crippen LogP contribution in [-0.2, 0) is 4.79 Å². The number of amides is 1. The standard InChI is InChI=1S/C19H24BrN3OS2/c1-13-10-17(14(2)9-16(13)20)25-12-18(24)22-5-4-6-23(8-7-22)19-21-15(3)11-26-19/h9-11H,4-8,12H2,1-3H3. The molecule has 0 bridgehead atoms. The van der Waals surface area contributed by atoms with Crippen molar-refractivity contribution in [2.75, 3.05) is 36.8 Å². The molecule has 1 aromatic heterocycles. The van der Waals surface area contributed by atoms with Gasteiger partial charge in [0.2, 0.25) is 5.91 Å². The Morgan fingerprint density at radius 1 is 1.19 bits per heavy atom. The average molecular weight is 454 g/mol. The molecule has 140 valence electrons. The molecule has 26 heavy (non-hydrogen) atoms. The third kappa shape index (κ3) is 4.81. The zero-order chi connectivity index (χ0) is 18.7. The number of rotatable bonds is 4. The SMILES string of the molecule is Cc1csc(N2CCCN(C(=O)CSc3cc(C)c(Br)cc3C)CC2)n1. The van der Waals surface area contributed by atoms with Crippen LogP contribution in [0.5, 0.6) is 0 Å². The molecule has 0 saturated carbocycles. The largest absolute Gasteiger partial charge is 0.346 e. The molecule has 1 aliphatic heterocycles. The van der Waals surface area contributed by atoms with Gasteiger partial charge >= 0.3 is 0 Å². The van der Waals surface area contributed by atoms with Crippen LogP contribution in [0.4, 0.5) is 5.13 Å². The lowest BCUT2D eigenvalue weighted by Crippen LogP contribution is -2.36. The molecular weight excluding hydrogens is 430 g/mol. The van der Waals surface area contributed by atoms with E-state index in [0.29, 0.717) is 5.75 Å². The fourth-order valence-corrected chi connectivity index (χ4v) is 5.31. The number of thiazole rings is 1. The molecule has 1 aliphatic rings. The maximum Gasteiger partial charge on any atom is 0.232 e. The zero-order valence-corrected chi connectivity index (χ0v) is 18.6. The van der Waals surface area contributed by atoms with Crippen LogP contribution in [0.1, 0.15) is 23.2 Å². The Morgan fingerprint density at radius 2 is 2.00 bits per heavy atom. The smallest absolute Gasteiger partial charge is 0.232 e. The number of nitrogens with zero attached hydrogens (tertiary/aromatic N) is 3. The number of aromatic nitrogens is 1. The minimum atomic E-state index is 0.229. The van der Waals surface area contributed by atoms with E-state index in [0.717, 1.165) is 47.9 Å². The van der Waals surface area contributed by atoms with Gasteiger partial charge in [0, 0.05) is 40.9 Å². The normalized spacial score (nSPS) is 15.2. The van der Waals surface area contributed by atoms with E-state index in [9.17, 15) is 4.79 Å². The molecule has 0 radical (unpaired) electrons. The molecule has 0 spiro atoms. The summed E-state index contributed by atoms with van der Waals surface area (Å²) < 4.78 is 1.12. The van der Waals surface area contributed by atoms with Crippen LogP contribution in [0.25, 0.3) is 0 Å². The van der Waals surface area contributed by atoms with Crippen LogP contribution in [0.2, 0.25) is 0 Å². The summed E-state index contributed by atoms with van der Waals surface area (Å²) in [5.41, 5.74) is 3.48. The lowest BCUT2D eigenvalue weighted by molar-refractivity contribution is -0.128. The monoisotopic (exact) mass is 453 g/mol. The number of hydrogen-bond acceptors (Lipinski definition) is 5. The number of carbonyl (C=O) groups is 1. The highest BCUT2D eigenvalue weighted by Gasteiger charge is 2.21. The molecule has 1 saturated heterocycles. The van der Waals surface area contributed by atoms with Gasteiger partial charge in [-0.1, -0.05) is 15.9 Å². The van der Waals surface area contributed by atoms with Gasteiger partial charge in [0.25, 0.3) is 0 Å². The fraction of sp³-hybridized carbons (Fsp3) is 0.474. The number of halogens is 1. The second-order valence-electron chi connectivity index (χ2n) is 6.65. The van der Waals surface area contributed by atoms with E-state index in [1.165, 1.54) is 16.0 Å². The summed E-state index contributed by atoms with van der Waals surface area (Å²) >= 11 is 6.90. The lowest BCUT2D eigenvalue weighted by Gasteiger charge is -2.22. The van der Waals surface area contributed by atoms with Crippen LogP contribution >= 0.6 is 39.0 Å². The number of aryl methyl sites for hydroxylation is 3. The molecule has 0 atom stereocenters. The molecule has 0 N–H and O–H groups in total. The molecular formula is C19H24BrN3OS2. The second kappa shape index (κ2) is 8.76. The van der Waals surface area contributed by atoms with Crippen molar-refractivity contribution >= 4 is 50.1 Å². The van der Waals surface area contributed by atoms with Gasteiger partial charge in [-0.15, -0.1) is 23.1 Å². The Labute approximate surface area is 172 Å². The number of hydrogen-bond donors (Lipinski definition) is 0. The van der Waals surface area contributed by atoms with E-state index in [2.05, 4.69) is 57.2 Å². The summed E-state index contributed by atoms with van der Waals surface area (Å²) in [6.07, 6.45) is 0.992. The Morgan fingerprint density at radius 3 is 2.73 bits per heavy atom. The molecule has 2 aromatic rings. The van der Waals surface area contributed by atoms with Gasteiger partial charge in [0.1, 0.15) is 0 Å². The zero-order valence-electron chi connectivity index (χ0n) is 15.4. The van der Waals surface area contributed by atoms with Crippen LogP contribution < -0.4 is 4.90 Å². The van der Waals surface area contributed by atoms with Crippen molar-refractivity contribution in [1.82, 2.24) is 9.88 Å². The van der Waals surface area contributed by atoms with Gasteiger partial charge in [-0.25, -0.2) is 4.98 Å². The maximum absolute atomic E-state index is 12.7. The first-order valence-electron chi connectivity index (χ1n) is 8.78. The molecule has 0 unspecified atom stereocenters. The molecule has 4 nitrogen and oxygen atoms in total. The van der Waals surface area contributed by atoms with Gasteiger partial charge in [0.15, 0.2) is 5.13 Å². The van der Waals surface area contributed by atoms with Crippen molar-refractivity contribution in [2.24, 2.45) is 0 Å². The Bertz CT molecular complexity index is 793. The first kappa shape index (κ1) is 19.7. The molecule has 1 fully saturated rings. The van der Waals surface area contributed by atoms with Crippen LogP contribution in [0, 0.1) is 20.8 Å². The summed E-state index contributed by atoms with van der Waals surface area (Å²) in [6, 6.07) is 4.29. The minimum absolute atomic E-state index is 0.229. The molecule has 0 aliphatic carbocycles. The van der Waals surface area contributed by atoms with Crippen molar-refractivity contribution in [3.05, 3.63) is 38.8 Å². The fourth-order valence-electron chi connectivity index (χ4n) is 2.99. The van der Waals surface area contributed by atoms with Gasteiger partial charge in [0.05, 0.1) is 11.4 Å². The molecule has 3 rings (SSSR count). The Balaban J connectivity index is 1.56. The van der Waals surface area contributed by atoms with Gasteiger partial charge in [-0.2, -0.15) is 0 Å². The van der Waals surface area contributed by atoms with E-state index >= 15 is 0 Å². The highest BCUT2D eigenvalue weighted by molar-refractivity contribution is 9.10. The topological polar surface area (TPSA) is 36.4 Å². The van der Waals surface area contributed by atoms with Crippen molar-refractivity contribution in [3.8, 4) is 0 Å². The average Bonchev–Trinajstić information content (AvgIpc) is 2.89. The Hall–Kier alpha value is -1.05. The summed E-state index contributed by atoms with van der Waals surface area (Å²) in [5, 5.41) is 3.16. The van der Waals surface area contributed by atoms with Crippen molar-refractivity contribution in [2.45, 2.75) is 32.1 Å². The quantitative estimate of drug-likeness (QED) is 0.630. The molecule has 2 heterocycles. The predicted octanol–water partition coefficient (Wildman–Crippen LogP) is 4.66. The Kier molecular flexibility index (Phi) is 6.64. The van der Waals surface area contributed by atoms with Crippen LogP contribution in [0.3, 0.4) is 0 Å². The number of benzene rings is 1. The second-order valence-corrected chi connectivity index (χ2v) is 9.36. The lowest BCUT2D eigenvalue weighted by atomic mass is 10.2. The van der Waals surface area contributed by atoms with Crippen LogP contribution in [-0.4, -0.2) is 47.7 Å². The highest BCUT2D eigenvalue weighted by atomic mass is 79.9. The van der Waals surface area contributed by atoms with E-state index in [1.54, 1.807) is 23.1 Å². The number of thioether (sulfide) groups is 1. The summed E-state index contributed by atoms with van der Waals surface area (Å²) in [7, 11) is 0. The highest BCUT2D eigenvalue weighted by Crippen LogP contribution is 2.29. The van der Waals surface area contributed by atoms with E-state index in [1.807, 2.05) is 11.8 Å². The van der Waals surface area contributed by atoms with Gasteiger partial charge < -0.3 is 9.80 Å². The van der Waals surface area contributed by atoms with Crippen molar-refractivity contribution in [1.29, 1.82) is 0 Å². The third-order valence-electron chi connectivity index (χ3n) is 4.53. The van der Waals surface area contributed by atoms with Crippen molar-refractivity contribution in [3.63, 3.8) is 0 Å².